The third kappa shape index (κ3) is 6.31. The van der Waals surface area contributed by atoms with Crippen LogP contribution in [0.5, 0.6) is 0 Å². The highest BCUT2D eigenvalue weighted by Gasteiger charge is 2.51. The zero-order valence-corrected chi connectivity index (χ0v) is 19.2. The lowest BCUT2D eigenvalue weighted by atomic mass is 10.0. The Hall–Kier alpha value is -3.41. The first-order valence-corrected chi connectivity index (χ1v) is 11.2. The van der Waals surface area contributed by atoms with Crippen LogP contribution in [0.2, 0.25) is 0 Å². The van der Waals surface area contributed by atoms with E-state index in [0.29, 0.717) is 5.57 Å². The molecule has 2 atom stereocenters. The molecule has 2 N–H and O–H groups in total. The molecule has 0 aliphatic carbocycles. The van der Waals surface area contributed by atoms with Gasteiger partial charge in [0.25, 0.3) is 11.6 Å². The number of thioether (sulfide) groups is 1. The fourth-order valence-corrected chi connectivity index (χ4v) is 4.56. The molecule has 1 aliphatic heterocycles. The minimum absolute atomic E-state index is 0.0468. The highest BCUT2D eigenvalue weighted by atomic mass is 32.2. The molecule has 1 aliphatic rings. The van der Waals surface area contributed by atoms with Gasteiger partial charge in [0, 0.05) is 17.4 Å². The Kier molecular flexibility index (Phi) is 8.97. The van der Waals surface area contributed by atoms with E-state index in [2.05, 4.69) is 5.32 Å². The van der Waals surface area contributed by atoms with Crippen molar-refractivity contribution in [2.75, 3.05) is 12.4 Å². The molecule has 11 nitrogen and oxygen atoms in total. The number of esters is 1. The summed E-state index contributed by atoms with van der Waals surface area (Å²) in [6.07, 6.45) is -0.277. The average molecular weight is 480 g/mol. The summed E-state index contributed by atoms with van der Waals surface area (Å²) in [4.78, 5) is 60.4. The van der Waals surface area contributed by atoms with Crippen molar-refractivity contribution in [2.45, 2.75) is 45.0 Å². The number of carbonyl (C=O) groups excluding carboxylic acids is 3. The summed E-state index contributed by atoms with van der Waals surface area (Å²) in [5, 5.41) is 22.5. The number of nitrogens with one attached hydrogen (secondary N) is 1. The van der Waals surface area contributed by atoms with E-state index < -0.39 is 40.1 Å². The van der Waals surface area contributed by atoms with E-state index in [9.17, 15) is 34.4 Å². The quantitative estimate of drug-likeness (QED) is 0.159. The summed E-state index contributed by atoms with van der Waals surface area (Å²) in [6.45, 7) is 5.01. The number of carboxylic acid groups (broad SMARTS) is 1. The number of benzene rings is 1. The molecule has 0 bridgehead atoms. The second kappa shape index (κ2) is 11.5. The molecule has 1 heterocycles. The van der Waals surface area contributed by atoms with Crippen LogP contribution in [0, 0.1) is 10.1 Å². The van der Waals surface area contributed by atoms with Crippen LogP contribution >= 0.6 is 11.8 Å². The average Bonchev–Trinajstić information content (AvgIpc) is 2.74. The molecule has 0 aromatic heterocycles. The van der Waals surface area contributed by atoms with Crippen molar-refractivity contribution in [1.82, 2.24) is 10.2 Å². The van der Waals surface area contributed by atoms with E-state index in [0.717, 1.165) is 16.7 Å². The van der Waals surface area contributed by atoms with Crippen molar-refractivity contribution in [3.63, 3.8) is 0 Å². The zero-order valence-electron chi connectivity index (χ0n) is 18.4. The fraction of sp³-hybridized carbons (Fsp3) is 0.429. The molecular weight excluding hydrogens is 454 g/mol. The van der Waals surface area contributed by atoms with Crippen molar-refractivity contribution in [1.29, 1.82) is 0 Å². The lowest BCUT2D eigenvalue weighted by Gasteiger charge is -2.47. The molecule has 2 rings (SSSR count). The number of nitro groups is 1. The topological polar surface area (TPSA) is 156 Å². The van der Waals surface area contributed by atoms with E-state index in [1.165, 1.54) is 18.2 Å². The third-order valence-corrected chi connectivity index (χ3v) is 5.98. The van der Waals surface area contributed by atoms with E-state index in [1.54, 1.807) is 26.8 Å². The van der Waals surface area contributed by atoms with Crippen LogP contribution in [0.4, 0.5) is 5.69 Å². The summed E-state index contributed by atoms with van der Waals surface area (Å²) in [7, 11) is 0. The van der Waals surface area contributed by atoms with Crippen LogP contribution in [0.15, 0.2) is 35.5 Å². The van der Waals surface area contributed by atoms with Gasteiger partial charge < -0.3 is 15.2 Å². The second-order valence-electron chi connectivity index (χ2n) is 7.29. The number of likely N-dealkylation sites (tertiary alicyclic amines) is 1. The smallest absolute Gasteiger partial charge is 0.352 e. The normalized spacial score (nSPS) is 17.1. The van der Waals surface area contributed by atoms with Crippen molar-refractivity contribution >= 4 is 41.2 Å². The predicted molar refractivity (Wildman–Crippen MR) is 119 cm³/mol. The van der Waals surface area contributed by atoms with Crippen molar-refractivity contribution in [2.24, 2.45) is 0 Å². The van der Waals surface area contributed by atoms with Gasteiger partial charge in [0.1, 0.15) is 17.1 Å². The van der Waals surface area contributed by atoms with Gasteiger partial charge in [0.2, 0.25) is 5.91 Å². The Morgan fingerprint density at radius 3 is 2.52 bits per heavy atom. The lowest BCUT2D eigenvalue weighted by molar-refractivity contribution is -0.385. The SMILES string of the molecule is CCOC(=O)CCSC1C(NC(=O)Cc2ccccc2[N+](=O)[O-])C(=O)N1C(C(=O)O)=C(C)C. The monoisotopic (exact) mass is 479 g/mol. The number of nitrogens with zero attached hydrogens (tertiary/aromatic N) is 2. The van der Waals surface area contributed by atoms with E-state index in [-0.39, 0.29) is 42.1 Å². The maximum Gasteiger partial charge on any atom is 0.352 e. The van der Waals surface area contributed by atoms with Crippen LogP contribution in [0.25, 0.3) is 0 Å². The molecule has 1 saturated heterocycles. The number of β-lactam (4-membered cyclic amide) rings is 1. The summed E-state index contributed by atoms with van der Waals surface area (Å²) < 4.78 is 4.87. The number of allylic oxidation sites excluding steroid dienone is 1. The maximum atomic E-state index is 12.8. The Bertz CT molecular complexity index is 989. The molecule has 2 amide bonds. The molecular formula is C21H25N3O8S. The first-order chi connectivity index (χ1) is 15.6. The fourth-order valence-electron chi connectivity index (χ4n) is 3.30. The number of ether oxygens (including phenoxy) is 1. The summed E-state index contributed by atoms with van der Waals surface area (Å²) in [5.41, 5.74) is 0.173. The third-order valence-electron chi connectivity index (χ3n) is 4.72. The van der Waals surface area contributed by atoms with Gasteiger partial charge in [-0.15, -0.1) is 11.8 Å². The summed E-state index contributed by atoms with van der Waals surface area (Å²) in [5.74, 6) is -2.71. The number of hydrogen-bond donors (Lipinski definition) is 2. The Balaban J connectivity index is 2.17. The molecule has 1 fully saturated rings. The standard InChI is InChI=1S/C21H25N3O8S/c1-4-32-16(26)9-10-33-20-17(19(27)23(20)18(12(2)3)21(28)29)22-15(25)11-13-7-5-6-8-14(13)24(30)31/h5-8,17,20H,4,9-11H2,1-3H3,(H,22,25)(H,28,29). The summed E-state index contributed by atoms with van der Waals surface area (Å²) >= 11 is 1.14. The van der Waals surface area contributed by atoms with Crippen LogP contribution in [0.1, 0.15) is 32.8 Å². The van der Waals surface area contributed by atoms with E-state index >= 15 is 0 Å². The predicted octanol–water partition coefficient (Wildman–Crippen LogP) is 1.86. The van der Waals surface area contributed by atoms with Crippen molar-refractivity contribution in [3.05, 3.63) is 51.2 Å². The number of hydrogen-bond acceptors (Lipinski definition) is 8. The van der Waals surface area contributed by atoms with Gasteiger partial charge in [-0.1, -0.05) is 18.2 Å². The van der Waals surface area contributed by atoms with Gasteiger partial charge in [-0.05, 0) is 26.3 Å². The molecule has 1 aromatic rings. The Morgan fingerprint density at radius 2 is 1.94 bits per heavy atom. The van der Waals surface area contributed by atoms with Crippen molar-refractivity contribution in [3.8, 4) is 0 Å². The minimum Gasteiger partial charge on any atom is -0.477 e. The van der Waals surface area contributed by atoms with Gasteiger partial charge in [-0.2, -0.15) is 0 Å². The number of carboxylic acids is 1. The first-order valence-electron chi connectivity index (χ1n) is 10.1. The second-order valence-corrected chi connectivity index (χ2v) is 8.51. The highest BCUT2D eigenvalue weighted by Crippen LogP contribution is 2.35. The lowest BCUT2D eigenvalue weighted by Crippen LogP contribution is -2.69. The summed E-state index contributed by atoms with van der Waals surface area (Å²) in [6, 6.07) is 4.73. The van der Waals surface area contributed by atoms with E-state index in [1.807, 2.05) is 0 Å². The molecule has 0 radical (unpaired) electrons. The van der Waals surface area contributed by atoms with Crippen molar-refractivity contribution < 1.29 is 33.9 Å². The molecule has 12 heteroatoms. The number of para-hydroxylation sites is 1. The molecule has 33 heavy (non-hydrogen) atoms. The highest BCUT2D eigenvalue weighted by molar-refractivity contribution is 8.00. The number of amides is 2. The largest absolute Gasteiger partial charge is 0.477 e. The van der Waals surface area contributed by atoms with Gasteiger partial charge in [0.15, 0.2) is 0 Å². The number of nitro benzene ring substituents is 1. The van der Waals surface area contributed by atoms with Crippen LogP contribution in [0.3, 0.4) is 0 Å². The zero-order chi connectivity index (χ0) is 24.7. The van der Waals surface area contributed by atoms with Crippen LogP contribution in [-0.2, 0) is 30.3 Å². The Morgan fingerprint density at radius 1 is 1.27 bits per heavy atom. The van der Waals surface area contributed by atoms with E-state index in [4.69, 9.17) is 4.74 Å². The van der Waals surface area contributed by atoms with Gasteiger partial charge in [-0.3, -0.25) is 29.4 Å². The number of aliphatic carboxylic acids is 1. The molecule has 0 spiro atoms. The van der Waals surface area contributed by atoms with Gasteiger partial charge in [0.05, 0.1) is 24.4 Å². The van der Waals surface area contributed by atoms with Crippen LogP contribution in [-0.4, -0.2) is 62.5 Å². The maximum absolute atomic E-state index is 12.8. The number of carbonyl (C=O) groups is 4. The van der Waals surface area contributed by atoms with Crippen LogP contribution < -0.4 is 5.32 Å². The van der Waals surface area contributed by atoms with Gasteiger partial charge in [-0.25, -0.2) is 4.79 Å². The molecule has 178 valence electrons. The minimum atomic E-state index is -1.29. The Labute approximate surface area is 194 Å². The molecule has 0 saturated carbocycles. The molecule has 1 aromatic carbocycles. The number of rotatable bonds is 11. The van der Waals surface area contributed by atoms with Gasteiger partial charge >= 0.3 is 11.9 Å². The molecule has 2 unspecified atom stereocenters. The first kappa shape index (κ1) is 25.8.